The Hall–Kier alpha value is -0.940. The van der Waals surface area contributed by atoms with E-state index >= 15 is 0 Å². The fraction of sp³-hybridized carbons (Fsp3) is 0.750. The zero-order valence-electron chi connectivity index (χ0n) is 7.72. The summed E-state index contributed by atoms with van der Waals surface area (Å²) in [6, 6.07) is 0. The lowest BCUT2D eigenvalue weighted by Gasteiger charge is -2.13. The van der Waals surface area contributed by atoms with Gasteiger partial charge in [-0.05, 0) is 6.42 Å². The molecule has 1 saturated heterocycles. The van der Waals surface area contributed by atoms with Gasteiger partial charge in [-0.3, -0.25) is 9.58 Å². The number of aryl methyl sites for hydroxylation is 1. The zero-order valence-corrected chi connectivity index (χ0v) is 7.72. The van der Waals surface area contributed by atoms with Gasteiger partial charge < -0.3 is 5.11 Å². The number of aromatic nitrogens is 3. The van der Waals surface area contributed by atoms with Gasteiger partial charge in [-0.15, -0.1) is 0 Å². The average molecular weight is 182 g/mol. The number of β-amino-alcohol motifs (C(OH)–C–C–N with tert-alkyl or cyclic N) is 1. The largest absolute Gasteiger partial charge is 0.392 e. The molecule has 1 atom stereocenters. The normalized spacial score (nSPS) is 24.0. The van der Waals surface area contributed by atoms with E-state index in [4.69, 9.17) is 0 Å². The second kappa shape index (κ2) is 3.43. The van der Waals surface area contributed by atoms with Crippen LogP contribution in [0.4, 0.5) is 0 Å². The number of likely N-dealkylation sites (tertiary alicyclic amines) is 1. The van der Waals surface area contributed by atoms with E-state index in [2.05, 4.69) is 15.0 Å². The molecule has 0 bridgehead atoms. The van der Waals surface area contributed by atoms with Crippen LogP contribution in [0.25, 0.3) is 0 Å². The summed E-state index contributed by atoms with van der Waals surface area (Å²) < 4.78 is 1.77. The Morgan fingerprint density at radius 3 is 3.08 bits per heavy atom. The van der Waals surface area contributed by atoms with E-state index in [1.807, 2.05) is 7.05 Å². The Morgan fingerprint density at radius 2 is 2.54 bits per heavy atom. The van der Waals surface area contributed by atoms with Gasteiger partial charge >= 0.3 is 0 Å². The van der Waals surface area contributed by atoms with Gasteiger partial charge in [-0.2, -0.15) is 5.10 Å². The molecule has 1 N–H and O–H groups in total. The average Bonchev–Trinajstić information content (AvgIpc) is 2.64. The molecule has 1 aromatic heterocycles. The summed E-state index contributed by atoms with van der Waals surface area (Å²) in [6.45, 7) is 2.49. The van der Waals surface area contributed by atoms with Crippen molar-refractivity contribution in [3.63, 3.8) is 0 Å². The van der Waals surface area contributed by atoms with Crippen molar-refractivity contribution in [3.05, 3.63) is 12.2 Å². The number of nitrogens with zero attached hydrogens (tertiary/aromatic N) is 4. The minimum absolute atomic E-state index is 0.159. The predicted octanol–water partition coefficient (Wildman–Crippen LogP) is -0.618. The fourth-order valence-corrected chi connectivity index (χ4v) is 1.62. The number of aliphatic hydroxyl groups excluding tert-OH is 1. The standard InChI is InChI=1S/C8H14N4O/c1-11-8(9-6-10-11)5-12-3-2-7(13)4-12/h6-7,13H,2-5H2,1H3/t7-/m1/s1. The van der Waals surface area contributed by atoms with Crippen LogP contribution in [-0.2, 0) is 13.6 Å². The van der Waals surface area contributed by atoms with Crippen molar-refractivity contribution in [1.29, 1.82) is 0 Å². The first-order valence-corrected chi connectivity index (χ1v) is 4.49. The molecule has 1 aliphatic heterocycles. The van der Waals surface area contributed by atoms with Crippen LogP contribution in [0.15, 0.2) is 6.33 Å². The molecule has 2 heterocycles. The molecule has 72 valence electrons. The Morgan fingerprint density at radius 1 is 1.69 bits per heavy atom. The molecule has 1 fully saturated rings. The van der Waals surface area contributed by atoms with Crippen molar-refractivity contribution in [3.8, 4) is 0 Å². The van der Waals surface area contributed by atoms with Gasteiger partial charge in [0.25, 0.3) is 0 Å². The number of hydrogen-bond acceptors (Lipinski definition) is 4. The monoisotopic (exact) mass is 182 g/mol. The zero-order chi connectivity index (χ0) is 9.26. The summed E-state index contributed by atoms with van der Waals surface area (Å²) >= 11 is 0. The maximum atomic E-state index is 9.31. The van der Waals surface area contributed by atoms with Crippen molar-refractivity contribution in [2.24, 2.45) is 7.05 Å². The molecule has 5 heteroatoms. The molecule has 13 heavy (non-hydrogen) atoms. The SMILES string of the molecule is Cn1ncnc1CN1CC[C@@H](O)C1. The van der Waals surface area contributed by atoms with Gasteiger partial charge in [0, 0.05) is 20.1 Å². The second-order valence-electron chi connectivity index (χ2n) is 3.48. The molecule has 0 radical (unpaired) electrons. The van der Waals surface area contributed by atoms with Crippen LogP contribution in [0.2, 0.25) is 0 Å². The first-order valence-electron chi connectivity index (χ1n) is 4.49. The van der Waals surface area contributed by atoms with Gasteiger partial charge in [0.2, 0.25) is 0 Å². The summed E-state index contributed by atoms with van der Waals surface area (Å²) in [5.74, 6) is 0.953. The van der Waals surface area contributed by atoms with E-state index in [0.717, 1.165) is 31.9 Å². The van der Waals surface area contributed by atoms with Crippen LogP contribution in [0.5, 0.6) is 0 Å². The quantitative estimate of drug-likeness (QED) is 0.662. The highest BCUT2D eigenvalue weighted by Crippen LogP contribution is 2.11. The Bertz CT molecular complexity index is 285. The molecule has 1 aliphatic rings. The number of rotatable bonds is 2. The highest BCUT2D eigenvalue weighted by atomic mass is 16.3. The van der Waals surface area contributed by atoms with E-state index in [9.17, 15) is 5.11 Å². The van der Waals surface area contributed by atoms with Crippen molar-refractivity contribution < 1.29 is 5.11 Å². The van der Waals surface area contributed by atoms with Crippen LogP contribution in [0.1, 0.15) is 12.2 Å². The van der Waals surface area contributed by atoms with E-state index in [1.54, 1.807) is 11.0 Å². The van der Waals surface area contributed by atoms with Gasteiger partial charge in [-0.1, -0.05) is 0 Å². The van der Waals surface area contributed by atoms with Gasteiger partial charge in [-0.25, -0.2) is 4.98 Å². The van der Waals surface area contributed by atoms with Crippen LogP contribution < -0.4 is 0 Å². The van der Waals surface area contributed by atoms with Crippen LogP contribution in [-0.4, -0.2) is 44.0 Å². The molecule has 0 saturated carbocycles. The summed E-state index contributed by atoms with van der Waals surface area (Å²) in [6.07, 6.45) is 2.27. The topological polar surface area (TPSA) is 54.2 Å². The third-order valence-corrected chi connectivity index (χ3v) is 2.42. The molecular weight excluding hydrogens is 168 g/mol. The van der Waals surface area contributed by atoms with E-state index in [1.165, 1.54) is 0 Å². The number of aliphatic hydroxyl groups is 1. The predicted molar refractivity (Wildman–Crippen MR) is 46.9 cm³/mol. The molecule has 0 aromatic carbocycles. The highest BCUT2D eigenvalue weighted by Gasteiger charge is 2.21. The van der Waals surface area contributed by atoms with Gasteiger partial charge in [0.05, 0.1) is 12.6 Å². The molecule has 5 nitrogen and oxygen atoms in total. The summed E-state index contributed by atoms with van der Waals surface area (Å²) in [5.41, 5.74) is 0. The Balaban J connectivity index is 1.95. The molecule has 2 rings (SSSR count). The summed E-state index contributed by atoms with van der Waals surface area (Å²) in [5, 5.41) is 13.3. The van der Waals surface area contributed by atoms with E-state index < -0.39 is 0 Å². The highest BCUT2D eigenvalue weighted by molar-refractivity contribution is 4.86. The van der Waals surface area contributed by atoms with Crippen molar-refractivity contribution in [2.75, 3.05) is 13.1 Å². The first-order chi connectivity index (χ1) is 6.25. The molecule has 0 aliphatic carbocycles. The minimum Gasteiger partial charge on any atom is -0.392 e. The summed E-state index contributed by atoms with van der Waals surface area (Å²) in [4.78, 5) is 6.32. The van der Waals surface area contributed by atoms with E-state index in [-0.39, 0.29) is 6.10 Å². The molecule has 1 aromatic rings. The Labute approximate surface area is 77.0 Å². The second-order valence-corrected chi connectivity index (χ2v) is 3.48. The molecular formula is C8H14N4O. The lowest BCUT2D eigenvalue weighted by molar-refractivity contribution is 0.173. The van der Waals surface area contributed by atoms with Gasteiger partial charge in [0.1, 0.15) is 12.2 Å². The lowest BCUT2D eigenvalue weighted by Crippen LogP contribution is -2.23. The summed E-state index contributed by atoms with van der Waals surface area (Å²) in [7, 11) is 1.88. The third kappa shape index (κ3) is 1.87. The smallest absolute Gasteiger partial charge is 0.140 e. The number of hydrogen-bond donors (Lipinski definition) is 1. The maximum Gasteiger partial charge on any atom is 0.140 e. The van der Waals surface area contributed by atoms with Crippen molar-refractivity contribution in [2.45, 2.75) is 19.1 Å². The Kier molecular flexibility index (Phi) is 2.28. The molecule has 0 spiro atoms. The molecule has 0 unspecified atom stereocenters. The molecule has 0 amide bonds. The van der Waals surface area contributed by atoms with E-state index in [0.29, 0.717) is 0 Å². The minimum atomic E-state index is -0.159. The fourth-order valence-electron chi connectivity index (χ4n) is 1.62. The maximum absolute atomic E-state index is 9.31. The van der Waals surface area contributed by atoms with Crippen LogP contribution in [0.3, 0.4) is 0 Å². The van der Waals surface area contributed by atoms with Crippen LogP contribution in [0, 0.1) is 0 Å². The first kappa shape index (κ1) is 8.65. The lowest BCUT2D eigenvalue weighted by atomic mass is 10.3. The third-order valence-electron chi connectivity index (χ3n) is 2.42. The van der Waals surface area contributed by atoms with Crippen molar-refractivity contribution in [1.82, 2.24) is 19.7 Å². The van der Waals surface area contributed by atoms with Crippen molar-refractivity contribution >= 4 is 0 Å². The van der Waals surface area contributed by atoms with Gasteiger partial charge in [0.15, 0.2) is 0 Å². The van der Waals surface area contributed by atoms with Crippen LogP contribution >= 0.6 is 0 Å².